The predicted octanol–water partition coefficient (Wildman–Crippen LogP) is 2.94. The number of fused-ring (bicyclic) bond motifs is 1. The third-order valence-corrected chi connectivity index (χ3v) is 3.55. The number of aryl methyl sites for hydroxylation is 1. The molecule has 1 fully saturated rings. The number of benzene rings is 1. The summed E-state index contributed by atoms with van der Waals surface area (Å²) in [5.74, 6) is 0.877. The van der Waals surface area contributed by atoms with E-state index in [1.807, 2.05) is 25.1 Å². The number of hydrogen-bond donors (Lipinski definition) is 3. The molecule has 0 spiro atoms. The Balaban J connectivity index is 1.68. The van der Waals surface area contributed by atoms with Gasteiger partial charge in [-0.3, -0.25) is 0 Å². The van der Waals surface area contributed by atoms with Gasteiger partial charge in [-0.15, -0.1) is 0 Å². The summed E-state index contributed by atoms with van der Waals surface area (Å²) >= 11 is 0. The van der Waals surface area contributed by atoms with Crippen LogP contribution in [-0.2, 0) is 0 Å². The van der Waals surface area contributed by atoms with Crippen molar-refractivity contribution < 1.29 is 4.79 Å². The Morgan fingerprint density at radius 1 is 1.37 bits per heavy atom. The molecule has 19 heavy (non-hydrogen) atoms. The van der Waals surface area contributed by atoms with Crippen LogP contribution in [0.4, 0.5) is 10.5 Å². The fourth-order valence-corrected chi connectivity index (χ4v) is 2.64. The van der Waals surface area contributed by atoms with Crippen LogP contribution in [0.3, 0.4) is 0 Å². The average molecular weight is 258 g/mol. The zero-order chi connectivity index (χ0) is 13.2. The second-order valence-corrected chi connectivity index (χ2v) is 5.13. The molecule has 1 aromatic carbocycles. The van der Waals surface area contributed by atoms with Crippen molar-refractivity contribution in [2.24, 2.45) is 0 Å². The van der Waals surface area contributed by atoms with Gasteiger partial charge in [0.2, 0.25) is 0 Å². The number of rotatable bonds is 2. The Kier molecular flexibility index (Phi) is 3.11. The van der Waals surface area contributed by atoms with Gasteiger partial charge in [0, 0.05) is 11.7 Å². The molecule has 5 heteroatoms. The molecule has 1 aromatic heterocycles. The zero-order valence-corrected chi connectivity index (χ0v) is 11.0. The molecular formula is C14H18N4O. The summed E-state index contributed by atoms with van der Waals surface area (Å²) in [5, 5.41) is 5.88. The maximum absolute atomic E-state index is 11.9. The lowest BCUT2D eigenvalue weighted by Crippen LogP contribution is -2.36. The smallest absolute Gasteiger partial charge is 0.319 e. The third kappa shape index (κ3) is 2.70. The van der Waals surface area contributed by atoms with Gasteiger partial charge < -0.3 is 15.6 Å². The lowest BCUT2D eigenvalue weighted by Gasteiger charge is -2.12. The molecule has 1 heterocycles. The summed E-state index contributed by atoms with van der Waals surface area (Å²) in [6, 6.07) is 5.89. The van der Waals surface area contributed by atoms with Crippen LogP contribution in [0.25, 0.3) is 11.0 Å². The van der Waals surface area contributed by atoms with Gasteiger partial charge in [0.05, 0.1) is 11.0 Å². The maximum Gasteiger partial charge on any atom is 0.319 e. The van der Waals surface area contributed by atoms with Crippen LogP contribution in [0.5, 0.6) is 0 Å². The van der Waals surface area contributed by atoms with Crippen molar-refractivity contribution in [3.05, 3.63) is 24.0 Å². The molecule has 0 radical (unpaired) electrons. The van der Waals surface area contributed by atoms with E-state index in [1.165, 1.54) is 12.8 Å². The van der Waals surface area contributed by atoms with E-state index in [-0.39, 0.29) is 6.03 Å². The zero-order valence-electron chi connectivity index (χ0n) is 11.0. The van der Waals surface area contributed by atoms with Gasteiger partial charge in [0.15, 0.2) is 0 Å². The van der Waals surface area contributed by atoms with E-state index in [2.05, 4.69) is 20.6 Å². The topological polar surface area (TPSA) is 69.8 Å². The molecule has 5 nitrogen and oxygen atoms in total. The van der Waals surface area contributed by atoms with E-state index < -0.39 is 0 Å². The molecule has 1 saturated carbocycles. The van der Waals surface area contributed by atoms with Gasteiger partial charge in [-0.2, -0.15) is 0 Å². The Labute approximate surface area is 111 Å². The van der Waals surface area contributed by atoms with Crippen LogP contribution in [0.15, 0.2) is 18.2 Å². The molecule has 0 atom stereocenters. The largest absolute Gasteiger partial charge is 0.342 e. The standard InChI is InChI=1S/C14H18N4O/c1-9-15-12-7-6-11(8-13(12)16-9)18-14(19)17-10-4-2-3-5-10/h6-8,10H,2-5H2,1H3,(H,15,16)(H2,17,18,19). The van der Waals surface area contributed by atoms with Crippen LogP contribution in [0.1, 0.15) is 31.5 Å². The highest BCUT2D eigenvalue weighted by molar-refractivity contribution is 5.92. The number of urea groups is 1. The Bertz CT molecular complexity index is 599. The maximum atomic E-state index is 11.9. The molecule has 1 aliphatic carbocycles. The SMILES string of the molecule is Cc1nc2ccc(NC(=O)NC3CCCC3)cc2[nH]1. The van der Waals surface area contributed by atoms with Crippen molar-refractivity contribution >= 4 is 22.8 Å². The molecule has 2 aromatic rings. The van der Waals surface area contributed by atoms with Crippen molar-refractivity contribution in [3.63, 3.8) is 0 Å². The van der Waals surface area contributed by atoms with E-state index in [4.69, 9.17) is 0 Å². The summed E-state index contributed by atoms with van der Waals surface area (Å²) in [7, 11) is 0. The number of carbonyl (C=O) groups is 1. The van der Waals surface area contributed by atoms with Gasteiger partial charge in [-0.1, -0.05) is 12.8 Å². The first-order chi connectivity index (χ1) is 9.20. The van der Waals surface area contributed by atoms with Crippen LogP contribution >= 0.6 is 0 Å². The third-order valence-electron chi connectivity index (χ3n) is 3.55. The number of aromatic amines is 1. The van der Waals surface area contributed by atoms with Crippen LogP contribution in [0.2, 0.25) is 0 Å². The number of aromatic nitrogens is 2. The average Bonchev–Trinajstić information content (AvgIpc) is 2.96. The van der Waals surface area contributed by atoms with E-state index in [0.717, 1.165) is 35.4 Å². The predicted molar refractivity (Wildman–Crippen MR) is 75.2 cm³/mol. The summed E-state index contributed by atoms with van der Waals surface area (Å²) in [4.78, 5) is 19.4. The number of hydrogen-bond acceptors (Lipinski definition) is 2. The summed E-state index contributed by atoms with van der Waals surface area (Å²) < 4.78 is 0. The van der Waals surface area contributed by atoms with Crippen molar-refractivity contribution in [2.45, 2.75) is 38.6 Å². The highest BCUT2D eigenvalue weighted by Crippen LogP contribution is 2.19. The number of H-pyrrole nitrogens is 1. The van der Waals surface area contributed by atoms with Crippen molar-refractivity contribution in [1.29, 1.82) is 0 Å². The fourth-order valence-electron chi connectivity index (χ4n) is 2.64. The first-order valence-corrected chi connectivity index (χ1v) is 6.74. The van der Waals surface area contributed by atoms with Crippen LogP contribution in [0, 0.1) is 6.92 Å². The molecule has 0 aliphatic heterocycles. The summed E-state index contributed by atoms with van der Waals surface area (Å²) in [5.41, 5.74) is 2.64. The minimum atomic E-state index is -0.123. The number of imidazole rings is 1. The molecule has 0 bridgehead atoms. The van der Waals surface area contributed by atoms with E-state index in [9.17, 15) is 4.79 Å². The monoisotopic (exact) mass is 258 g/mol. The Hall–Kier alpha value is -2.04. The number of nitrogens with one attached hydrogen (secondary N) is 3. The first kappa shape index (κ1) is 12.0. The lowest BCUT2D eigenvalue weighted by molar-refractivity contribution is 0.248. The number of nitrogens with zero attached hydrogens (tertiary/aromatic N) is 1. The minimum absolute atomic E-state index is 0.123. The van der Waals surface area contributed by atoms with E-state index in [1.54, 1.807) is 0 Å². The van der Waals surface area contributed by atoms with Gasteiger partial charge in [-0.05, 0) is 38.0 Å². The van der Waals surface area contributed by atoms with Gasteiger partial charge in [-0.25, -0.2) is 9.78 Å². The quantitative estimate of drug-likeness (QED) is 0.775. The van der Waals surface area contributed by atoms with E-state index in [0.29, 0.717) is 6.04 Å². The van der Waals surface area contributed by atoms with Crippen LogP contribution < -0.4 is 10.6 Å². The van der Waals surface area contributed by atoms with Crippen molar-refractivity contribution in [1.82, 2.24) is 15.3 Å². The fraction of sp³-hybridized carbons (Fsp3) is 0.429. The van der Waals surface area contributed by atoms with Gasteiger partial charge >= 0.3 is 6.03 Å². The van der Waals surface area contributed by atoms with Gasteiger partial charge in [0.1, 0.15) is 5.82 Å². The Morgan fingerprint density at radius 2 is 2.16 bits per heavy atom. The van der Waals surface area contributed by atoms with Crippen molar-refractivity contribution in [2.75, 3.05) is 5.32 Å². The number of amides is 2. The molecule has 0 saturated heterocycles. The van der Waals surface area contributed by atoms with Gasteiger partial charge in [0.25, 0.3) is 0 Å². The summed E-state index contributed by atoms with van der Waals surface area (Å²) in [6.45, 7) is 1.92. The Morgan fingerprint density at radius 3 is 2.95 bits per heavy atom. The lowest BCUT2D eigenvalue weighted by atomic mass is 10.2. The molecule has 3 N–H and O–H groups in total. The number of carbonyl (C=O) groups excluding carboxylic acids is 1. The molecular weight excluding hydrogens is 240 g/mol. The molecule has 2 amide bonds. The van der Waals surface area contributed by atoms with E-state index >= 15 is 0 Å². The summed E-state index contributed by atoms with van der Waals surface area (Å²) in [6.07, 6.45) is 4.60. The highest BCUT2D eigenvalue weighted by atomic mass is 16.2. The second-order valence-electron chi connectivity index (χ2n) is 5.13. The molecule has 100 valence electrons. The van der Waals surface area contributed by atoms with Crippen LogP contribution in [-0.4, -0.2) is 22.0 Å². The molecule has 3 rings (SSSR count). The normalized spacial score (nSPS) is 15.8. The number of anilines is 1. The minimum Gasteiger partial charge on any atom is -0.342 e. The molecule has 0 unspecified atom stereocenters. The van der Waals surface area contributed by atoms with Crippen molar-refractivity contribution in [3.8, 4) is 0 Å². The molecule has 1 aliphatic rings. The highest BCUT2D eigenvalue weighted by Gasteiger charge is 2.17. The second kappa shape index (κ2) is 4.91. The first-order valence-electron chi connectivity index (χ1n) is 6.74.